The summed E-state index contributed by atoms with van der Waals surface area (Å²) in [7, 11) is 0. The zero-order valence-corrected chi connectivity index (χ0v) is 12.8. The fourth-order valence-corrected chi connectivity index (χ4v) is 4.47. The molecule has 1 heterocycles. The van der Waals surface area contributed by atoms with Gasteiger partial charge in [-0.1, -0.05) is 32.6 Å². The Morgan fingerprint density at radius 3 is 2.89 bits per heavy atom. The largest absolute Gasteiger partial charge is 0.303 e. The lowest BCUT2D eigenvalue weighted by atomic mass is 9.89. The molecule has 0 amide bonds. The Kier molecular flexibility index (Phi) is 4.23. The van der Waals surface area contributed by atoms with Crippen molar-refractivity contribution >= 4 is 11.3 Å². The molecule has 2 aliphatic carbocycles. The van der Waals surface area contributed by atoms with E-state index in [9.17, 15) is 0 Å². The van der Waals surface area contributed by atoms with Crippen molar-refractivity contribution in [3.05, 3.63) is 16.6 Å². The van der Waals surface area contributed by atoms with Crippen LogP contribution in [-0.2, 0) is 5.54 Å². The third-order valence-electron chi connectivity index (χ3n) is 4.79. The Morgan fingerprint density at radius 1 is 1.32 bits per heavy atom. The summed E-state index contributed by atoms with van der Waals surface area (Å²) in [5, 5.41) is 7.44. The Bertz CT molecular complexity index is 385. The van der Waals surface area contributed by atoms with Crippen LogP contribution in [-0.4, -0.2) is 11.0 Å². The number of nitrogens with one attached hydrogen (secondary N) is 1. The Morgan fingerprint density at radius 2 is 2.21 bits per heavy atom. The predicted octanol–water partition coefficient (Wildman–Crippen LogP) is 4.47. The highest BCUT2D eigenvalue weighted by Gasteiger charge is 2.40. The standard InChI is InChI=1S/C16H26N2S/c1-2-4-13-5-3-9-16(10-8-13,18-14-6-7-14)15-17-11-12-19-15/h11-14,18H,2-10H2,1H3. The summed E-state index contributed by atoms with van der Waals surface area (Å²) >= 11 is 1.85. The van der Waals surface area contributed by atoms with E-state index >= 15 is 0 Å². The molecule has 2 unspecified atom stereocenters. The molecule has 2 atom stereocenters. The number of aromatic nitrogens is 1. The van der Waals surface area contributed by atoms with Gasteiger partial charge in [0, 0.05) is 17.6 Å². The molecule has 0 aliphatic heterocycles. The van der Waals surface area contributed by atoms with E-state index in [0.717, 1.165) is 12.0 Å². The summed E-state index contributed by atoms with van der Waals surface area (Å²) in [6, 6.07) is 0.770. The van der Waals surface area contributed by atoms with Crippen molar-refractivity contribution in [3.8, 4) is 0 Å². The van der Waals surface area contributed by atoms with Gasteiger partial charge < -0.3 is 5.32 Å². The number of hydrogen-bond acceptors (Lipinski definition) is 3. The normalized spacial score (nSPS) is 32.2. The van der Waals surface area contributed by atoms with E-state index in [1.165, 1.54) is 62.8 Å². The molecule has 1 aromatic heterocycles. The van der Waals surface area contributed by atoms with E-state index in [1.807, 2.05) is 17.5 Å². The lowest BCUT2D eigenvalue weighted by Crippen LogP contribution is -2.43. The van der Waals surface area contributed by atoms with Crippen LogP contribution in [0.5, 0.6) is 0 Å². The van der Waals surface area contributed by atoms with Gasteiger partial charge in [-0.15, -0.1) is 11.3 Å². The quantitative estimate of drug-likeness (QED) is 0.804. The zero-order valence-electron chi connectivity index (χ0n) is 12.0. The van der Waals surface area contributed by atoms with Gasteiger partial charge in [-0.3, -0.25) is 0 Å². The molecule has 0 radical (unpaired) electrons. The number of rotatable bonds is 5. The van der Waals surface area contributed by atoms with Crippen molar-refractivity contribution in [1.82, 2.24) is 10.3 Å². The zero-order chi connectivity index (χ0) is 13.1. The van der Waals surface area contributed by atoms with Crippen LogP contribution in [0.15, 0.2) is 11.6 Å². The second-order valence-electron chi connectivity index (χ2n) is 6.42. The van der Waals surface area contributed by atoms with Gasteiger partial charge in [-0.05, 0) is 38.0 Å². The van der Waals surface area contributed by atoms with E-state index in [0.29, 0.717) is 0 Å². The van der Waals surface area contributed by atoms with Gasteiger partial charge in [0.15, 0.2) is 0 Å². The molecular formula is C16H26N2S. The minimum atomic E-state index is 0.206. The number of hydrogen-bond donors (Lipinski definition) is 1. The van der Waals surface area contributed by atoms with Gasteiger partial charge in [0.2, 0.25) is 0 Å². The van der Waals surface area contributed by atoms with E-state index < -0.39 is 0 Å². The minimum Gasteiger partial charge on any atom is -0.303 e. The van der Waals surface area contributed by atoms with E-state index in [1.54, 1.807) is 0 Å². The van der Waals surface area contributed by atoms with Gasteiger partial charge in [0.1, 0.15) is 5.01 Å². The summed E-state index contributed by atoms with van der Waals surface area (Å²) in [5.41, 5.74) is 0.206. The number of nitrogens with zero attached hydrogens (tertiary/aromatic N) is 1. The van der Waals surface area contributed by atoms with Crippen molar-refractivity contribution in [1.29, 1.82) is 0 Å². The Hall–Kier alpha value is -0.410. The Labute approximate surface area is 121 Å². The van der Waals surface area contributed by atoms with Crippen molar-refractivity contribution < 1.29 is 0 Å². The minimum absolute atomic E-state index is 0.206. The molecule has 3 rings (SSSR count). The van der Waals surface area contributed by atoms with Crippen LogP contribution < -0.4 is 5.32 Å². The molecule has 2 aliphatic rings. The van der Waals surface area contributed by atoms with Gasteiger partial charge in [-0.25, -0.2) is 4.98 Å². The molecule has 0 bridgehead atoms. The Balaban J connectivity index is 1.75. The average Bonchev–Trinajstić information content (AvgIpc) is 3.09. The van der Waals surface area contributed by atoms with Gasteiger partial charge in [-0.2, -0.15) is 0 Å². The molecule has 19 heavy (non-hydrogen) atoms. The smallest absolute Gasteiger partial charge is 0.113 e. The summed E-state index contributed by atoms with van der Waals surface area (Å²) < 4.78 is 0. The fourth-order valence-electron chi connectivity index (χ4n) is 3.61. The average molecular weight is 278 g/mol. The van der Waals surface area contributed by atoms with Crippen molar-refractivity contribution in [2.75, 3.05) is 0 Å². The van der Waals surface area contributed by atoms with Crippen molar-refractivity contribution in [2.24, 2.45) is 5.92 Å². The summed E-state index contributed by atoms with van der Waals surface area (Å²) in [4.78, 5) is 4.66. The maximum atomic E-state index is 4.66. The monoisotopic (exact) mass is 278 g/mol. The second-order valence-corrected chi connectivity index (χ2v) is 7.32. The first-order chi connectivity index (χ1) is 9.32. The highest BCUT2D eigenvalue weighted by molar-refractivity contribution is 7.09. The molecule has 106 valence electrons. The molecule has 2 nitrogen and oxygen atoms in total. The molecule has 2 fully saturated rings. The summed E-state index contributed by atoms with van der Waals surface area (Å²) in [6.45, 7) is 2.32. The van der Waals surface area contributed by atoms with Gasteiger partial charge in [0.05, 0.1) is 5.54 Å². The fraction of sp³-hybridized carbons (Fsp3) is 0.812. The van der Waals surface area contributed by atoms with E-state index in [2.05, 4.69) is 22.6 Å². The summed E-state index contributed by atoms with van der Waals surface area (Å²) in [6.07, 6.45) is 14.2. The first kappa shape index (κ1) is 13.6. The third kappa shape index (κ3) is 3.19. The van der Waals surface area contributed by atoms with E-state index in [4.69, 9.17) is 0 Å². The molecule has 3 heteroatoms. The topological polar surface area (TPSA) is 24.9 Å². The predicted molar refractivity (Wildman–Crippen MR) is 81.4 cm³/mol. The van der Waals surface area contributed by atoms with Gasteiger partial charge in [0.25, 0.3) is 0 Å². The lowest BCUT2D eigenvalue weighted by molar-refractivity contribution is 0.279. The van der Waals surface area contributed by atoms with Crippen molar-refractivity contribution in [2.45, 2.75) is 76.3 Å². The van der Waals surface area contributed by atoms with Crippen LogP contribution in [0.1, 0.15) is 69.7 Å². The molecule has 1 N–H and O–H groups in total. The molecule has 1 aromatic rings. The van der Waals surface area contributed by atoms with Gasteiger partial charge >= 0.3 is 0 Å². The second kappa shape index (κ2) is 5.92. The van der Waals surface area contributed by atoms with Crippen LogP contribution in [0.2, 0.25) is 0 Å². The molecule has 0 aromatic carbocycles. The lowest BCUT2D eigenvalue weighted by Gasteiger charge is -2.32. The maximum Gasteiger partial charge on any atom is 0.113 e. The first-order valence-electron chi connectivity index (χ1n) is 8.00. The maximum absolute atomic E-state index is 4.66. The SMILES string of the molecule is CCCC1CCCC(NC2CC2)(c2nccs2)CC1. The van der Waals surface area contributed by atoms with Crippen LogP contribution in [0.3, 0.4) is 0 Å². The highest BCUT2D eigenvalue weighted by Crippen LogP contribution is 2.42. The molecule has 0 saturated heterocycles. The highest BCUT2D eigenvalue weighted by atomic mass is 32.1. The number of thiazole rings is 1. The van der Waals surface area contributed by atoms with Crippen LogP contribution in [0, 0.1) is 5.92 Å². The molecule has 2 saturated carbocycles. The molecule has 0 spiro atoms. The van der Waals surface area contributed by atoms with Crippen molar-refractivity contribution in [3.63, 3.8) is 0 Å². The van der Waals surface area contributed by atoms with Crippen LogP contribution in [0.4, 0.5) is 0 Å². The molecular weight excluding hydrogens is 252 g/mol. The van der Waals surface area contributed by atoms with Crippen LogP contribution >= 0.6 is 11.3 Å². The van der Waals surface area contributed by atoms with E-state index in [-0.39, 0.29) is 5.54 Å². The first-order valence-corrected chi connectivity index (χ1v) is 8.88. The van der Waals surface area contributed by atoms with Crippen LogP contribution in [0.25, 0.3) is 0 Å². The third-order valence-corrected chi connectivity index (χ3v) is 5.77. The summed E-state index contributed by atoms with van der Waals surface area (Å²) in [5.74, 6) is 0.952.